The second-order valence-electron chi connectivity index (χ2n) is 9.49. The molecule has 0 unspecified atom stereocenters. The molecule has 0 aliphatic rings. The third kappa shape index (κ3) is 4.44. The molecule has 0 atom stereocenters. The number of fused-ring (bicyclic) bond motifs is 2. The van der Waals surface area contributed by atoms with Crippen LogP contribution in [0, 0.1) is 5.92 Å². The summed E-state index contributed by atoms with van der Waals surface area (Å²) in [6, 6.07) is 23.1. The van der Waals surface area contributed by atoms with Crippen LogP contribution < -0.4 is 5.69 Å². The standard InChI is InChI=1S/C29H30N4O3/c1-20(2)15-16-31-24-12-5-4-11-23(24)30-27(31)19-33-26-14-7-6-13-25(26)32(29(33)35)18-21-9-8-10-22(17-21)28(34)36-3/h4-14,17,20H,15-16,18-19H2,1-3H3. The van der Waals surface area contributed by atoms with Crippen molar-refractivity contribution in [1.29, 1.82) is 0 Å². The van der Waals surface area contributed by atoms with Gasteiger partial charge in [-0.1, -0.05) is 50.2 Å². The maximum atomic E-state index is 13.8. The Balaban J connectivity index is 1.57. The lowest BCUT2D eigenvalue weighted by Crippen LogP contribution is -2.26. The molecule has 36 heavy (non-hydrogen) atoms. The van der Waals surface area contributed by atoms with Crippen molar-refractivity contribution in [2.75, 3.05) is 7.11 Å². The highest BCUT2D eigenvalue weighted by molar-refractivity contribution is 5.89. The quantitative estimate of drug-likeness (QED) is 0.289. The molecule has 0 bridgehead atoms. The number of hydrogen-bond acceptors (Lipinski definition) is 4. The first-order valence-electron chi connectivity index (χ1n) is 12.3. The van der Waals surface area contributed by atoms with Crippen molar-refractivity contribution in [3.63, 3.8) is 0 Å². The molecule has 0 amide bonds. The first-order chi connectivity index (χ1) is 17.5. The zero-order valence-electron chi connectivity index (χ0n) is 20.8. The maximum Gasteiger partial charge on any atom is 0.337 e. The lowest BCUT2D eigenvalue weighted by molar-refractivity contribution is 0.0600. The Morgan fingerprint density at radius 2 is 1.53 bits per heavy atom. The van der Waals surface area contributed by atoms with Gasteiger partial charge in [-0.15, -0.1) is 0 Å². The summed E-state index contributed by atoms with van der Waals surface area (Å²) in [6.45, 7) is 6.00. The van der Waals surface area contributed by atoms with Crippen LogP contribution in [-0.2, 0) is 24.4 Å². The molecular formula is C29H30N4O3. The highest BCUT2D eigenvalue weighted by Gasteiger charge is 2.18. The summed E-state index contributed by atoms with van der Waals surface area (Å²) in [7, 11) is 1.36. The van der Waals surface area contributed by atoms with Crippen molar-refractivity contribution in [3.8, 4) is 0 Å². The molecule has 7 nitrogen and oxygen atoms in total. The Hall–Kier alpha value is -4.13. The number of esters is 1. The topological polar surface area (TPSA) is 71.1 Å². The highest BCUT2D eigenvalue weighted by Crippen LogP contribution is 2.21. The van der Waals surface area contributed by atoms with Crippen LogP contribution in [-0.4, -0.2) is 31.8 Å². The van der Waals surface area contributed by atoms with E-state index in [2.05, 4.69) is 24.5 Å². The van der Waals surface area contributed by atoms with E-state index in [9.17, 15) is 9.59 Å². The Bertz CT molecular complexity index is 1610. The van der Waals surface area contributed by atoms with Crippen molar-refractivity contribution in [2.24, 2.45) is 5.92 Å². The molecule has 0 spiro atoms. The molecule has 0 saturated carbocycles. The highest BCUT2D eigenvalue weighted by atomic mass is 16.5. The number of para-hydroxylation sites is 4. The Morgan fingerprint density at radius 1 is 0.861 bits per heavy atom. The summed E-state index contributed by atoms with van der Waals surface area (Å²) in [6.07, 6.45) is 1.03. The largest absolute Gasteiger partial charge is 0.465 e. The van der Waals surface area contributed by atoms with Crippen LogP contribution in [0.2, 0.25) is 0 Å². The molecule has 0 fully saturated rings. The van der Waals surface area contributed by atoms with E-state index >= 15 is 0 Å². The van der Waals surface area contributed by atoms with Crippen LogP contribution in [0.3, 0.4) is 0 Å². The molecule has 2 heterocycles. The molecule has 0 aliphatic heterocycles. The second kappa shape index (κ2) is 9.85. The summed E-state index contributed by atoms with van der Waals surface area (Å²) in [5.41, 5.74) is 4.93. The molecule has 7 heteroatoms. The number of benzene rings is 3. The Morgan fingerprint density at radius 3 is 2.22 bits per heavy atom. The van der Waals surface area contributed by atoms with E-state index in [4.69, 9.17) is 9.72 Å². The predicted octanol–water partition coefficient (Wildman–Crippen LogP) is 5.08. The van der Waals surface area contributed by atoms with Crippen molar-refractivity contribution < 1.29 is 9.53 Å². The Kier molecular flexibility index (Phi) is 6.46. The number of aryl methyl sites for hydroxylation is 1. The van der Waals surface area contributed by atoms with Crippen LogP contribution in [0.15, 0.2) is 77.6 Å². The number of carbonyl (C=O) groups excluding carboxylic acids is 1. The number of aromatic nitrogens is 4. The van der Waals surface area contributed by atoms with E-state index in [1.54, 1.807) is 21.3 Å². The van der Waals surface area contributed by atoms with E-state index in [1.165, 1.54) is 7.11 Å². The molecule has 5 aromatic rings. The first-order valence-corrected chi connectivity index (χ1v) is 12.3. The molecule has 5 rings (SSSR count). The molecule has 0 radical (unpaired) electrons. The number of carbonyl (C=O) groups is 1. The fourth-order valence-corrected chi connectivity index (χ4v) is 4.70. The number of imidazole rings is 2. The van der Waals surface area contributed by atoms with Gasteiger partial charge in [0.2, 0.25) is 0 Å². The van der Waals surface area contributed by atoms with Gasteiger partial charge in [-0.25, -0.2) is 14.6 Å². The van der Waals surface area contributed by atoms with Crippen LogP contribution in [0.25, 0.3) is 22.1 Å². The fraction of sp³-hybridized carbons (Fsp3) is 0.276. The number of methoxy groups -OCH3 is 1. The molecule has 184 valence electrons. The Labute approximate surface area is 209 Å². The predicted molar refractivity (Wildman–Crippen MR) is 141 cm³/mol. The minimum Gasteiger partial charge on any atom is -0.465 e. The van der Waals surface area contributed by atoms with Gasteiger partial charge in [-0.3, -0.25) is 9.13 Å². The van der Waals surface area contributed by atoms with Crippen molar-refractivity contribution >= 4 is 28.0 Å². The summed E-state index contributed by atoms with van der Waals surface area (Å²) >= 11 is 0. The number of ether oxygens (including phenoxy) is 1. The lowest BCUT2D eigenvalue weighted by atomic mass is 10.1. The van der Waals surface area contributed by atoms with Gasteiger partial charge in [0.05, 0.1) is 47.8 Å². The number of rotatable bonds is 8. The third-order valence-corrected chi connectivity index (χ3v) is 6.58. The minimum atomic E-state index is -0.396. The third-order valence-electron chi connectivity index (χ3n) is 6.58. The SMILES string of the molecule is COC(=O)c1cccc(Cn2c(=O)n(Cc3nc4ccccc4n3CCC(C)C)c3ccccc32)c1. The van der Waals surface area contributed by atoms with E-state index in [-0.39, 0.29) is 5.69 Å². The molecule has 0 aliphatic carbocycles. The second-order valence-corrected chi connectivity index (χ2v) is 9.49. The minimum absolute atomic E-state index is 0.109. The summed E-state index contributed by atoms with van der Waals surface area (Å²) in [4.78, 5) is 30.7. The van der Waals surface area contributed by atoms with E-state index in [0.717, 1.165) is 46.4 Å². The van der Waals surface area contributed by atoms with E-state index in [1.807, 2.05) is 54.6 Å². The maximum absolute atomic E-state index is 13.8. The fourth-order valence-electron chi connectivity index (χ4n) is 4.70. The van der Waals surface area contributed by atoms with Crippen molar-refractivity contribution in [3.05, 3.63) is 100 Å². The van der Waals surface area contributed by atoms with Crippen LogP contribution in [0.4, 0.5) is 0 Å². The lowest BCUT2D eigenvalue weighted by Gasteiger charge is -2.11. The molecular weight excluding hydrogens is 452 g/mol. The number of nitrogens with zero attached hydrogens (tertiary/aromatic N) is 4. The number of hydrogen-bond donors (Lipinski definition) is 0. The van der Waals surface area contributed by atoms with Gasteiger partial charge in [0.1, 0.15) is 5.82 Å². The van der Waals surface area contributed by atoms with Gasteiger partial charge in [0, 0.05) is 6.54 Å². The molecule has 2 aromatic heterocycles. The summed E-state index contributed by atoms with van der Waals surface area (Å²) in [5.74, 6) is 1.03. The molecule has 0 saturated heterocycles. The smallest absolute Gasteiger partial charge is 0.337 e. The average Bonchev–Trinajstić information content (AvgIpc) is 3.37. The first kappa shape index (κ1) is 23.6. The van der Waals surface area contributed by atoms with Crippen LogP contribution in [0.5, 0.6) is 0 Å². The van der Waals surface area contributed by atoms with Gasteiger partial charge in [0.15, 0.2) is 0 Å². The normalized spacial score (nSPS) is 11.6. The summed E-state index contributed by atoms with van der Waals surface area (Å²) in [5, 5.41) is 0. The molecule has 0 N–H and O–H groups in total. The van der Waals surface area contributed by atoms with Gasteiger partial charge in [-0.2, -0.15) is 0 Å². The van der Waals surface area contributed by atoms with Gasteiger partial charge >= 0.3 is 11.7 Å². The van der Waals surface area contributed by atoms with Gasteiger partial charge in [0.25, 0.3) is 0 Å². The van der Waals surface area contributed by atoms with E-state index in [0.29, 0.717) is 24.6 Å². The monoisotopic (exact) mass is 482 g/mol. The van der Waals surface area contributed by atoms with Crippen LogP contribution in [0.1, 0.15) is 42.0 Å². The average molecular weight is 483 g/mol. The van der Waals surface area contributed by atoms with Gasteiger partial charge < -0.3 is 9.30 Å². The zero-order chi connectivity index (χ0) is 25.2. The van der Waals surface area contributed by atoms with Crippen molar-refractivity contribution in [2.45, 2.75) is 39.9 Å². The van der Waals surface area contributed by atoms with Crippen molar-refractivity contribution in [1.82, 2.24) is 18.7 Å². The molecule has 3 aromatic carbocycles. The van der Waals surface area contributed by atoms with E-state index < -0.39 is 5.97 Å². The zero-order valence-corrected chi connectivity index (χ0v) is 20.8. The van der Waals surface area contributed by atoms with Crippen LogP contribution >= 0.6 is 0 Å². The summed E-state index contributed by atoms with van der Waals surface area (Å²) < 4.78 is 10.7. The van der Waals surface area contributed by atoms with Gasteiger partial charge in [-0.05, 0) is 54.3 Å².